The Balaban J connectivity index is 4.32. The number of unbranched alkanes of at least 4 members (excludes halogenated alkanes) is 15. The molecule has 0 saturated carbocycles. The van der Waals surface area contributed by atoms with Gasteiger partial charge in [-0.3, -0.25) is 14.4 Å². The zero-order valence-corrected chi connectivity index (χ0v) is 25.7. The summed E-state index contributed by atoms with van der Waals surface area (Å²) in [7, 11) is 0. The maximum absolute atomic E-state index is 12.4. The summed E-state index contributed by atoms with van der Waals surface area (Å²) >= 11 is 0. The molecule has 0 rings (SSSR count). The Morgan fingerprint density at radius 1 is 0.487 bits per heavy atom. The average molecular weight is 553 g/mol. The van der Waals surface area contributed by atoms with Gasteiger partial charge in [-0.2, -0.15) is 0 Å². The molecule has 0 aromatic rings. The van der Waals surface area contributed by atoms with Gasteiger partial charge < -0.3 is 14.2 Å². The third kappa shape index (κ3) is 27.5. The summed E-state index contributed by atoms with van der Waals surface area (Å²) in [6.07, 6.45) is 25.3. The lowest BCUT2D eigenvalue weighted by molar-refractivity contribution is -0.167. The molecule has 1 unspecified atom stereocenters. The maximum Gasteiger partial charge on any atom is 0.306 e. The van der Waals surface area contributed by atoms with Gasteiger partial charge in [0.25, 0.3) is 0 Å². The van der Waals surface area contributed by atoms with Crippen LogP contribution in [0.2, 0.25) is 0 Å². The van der Waals surface area contributed by atoms with E-state index >= 15 is 0 Å². The SMILES string of the molecule is CCC/C=C\CCCCCCCC(=O)OCC(COC(=O)CCCCCCC)OC(=O)CCCCCCCC. The normalized spacial score (nSPS) is 12.0. The van der Waals surface area contributed by atoms with Gasteiger partial charge in [-0.05, 0) is 38.5 Å². The molecule has 6 heteroatoms. The summed E-state index contributed by atoms with van der Waals surface area (Å²) in [6.45, 7) is 6.37. The van der Waals surface area contributed by atoms with Crippen LogP contribution in [0.25, 0.3) is 0 Å². The van der Waals surface area contributed by atoms with E-state index in [1.165, 1.54) is 44.9 Å². The third-order valence-electron chi connectivity index (χ3n) is 6.75. The van der Waals surface area contributed by atoms with Crippen molar-refractivity contribution in [2.24, 2.45) is 0 Å². The first kappa shape index (κ1) is 37.1. The second-order valence-electron chi connectivity index (χ2n) is 10.7. The molecule has 228 valence electrons. The zero-order valence-electron chi connectivity index (χ0n) is 25.7. The van der Waals surface area contributed by atoms with Gasteiger partial charge in [0.2, 0.25) is 0 Å². The van der Waals surface area contributed by atoms with Crippen molar-refractivity contribution in [1.82, 2.24) is 0 Å². The molecule has 0 amide bonds. The summed E-state index contributed by atoms with van der Waals surface area (Å²) in [4.78, 5) is 36.8. The van der Waals surface area contributed by atoms with E-state index in [0.717, 1.165) is 77.0 Å². The highest BCUT2D eigenvalue weighted by Crippen LogP contribution is 2.11. The Morgan fingerprint density at radius 3 is 1.38 bits per heavy atom. The Morgan fingerprint density at radius 2 is 0.897 bits per heavy atom. The van der Waals surface area contributed by atoms with Crippen molar-refractivity contribution in [3.8, 4) is 0 Å². The van der Waals surface area contributed by atoms with Gasteiger partial charge in [0.15, 0.2) is 6.10 Å². The lowest BCUT2D eigenvalue weighted by Gasteiger charge is -2.18. The van der Waals surface area contributed by atoms with Crippen LogP contribution in [0.4, 0.5) is 0 Å². The number of carbonyl (C=O) groups is 3. The lowest BCUT2D eigenvalue weighted by Crippen LogP contribution is -2.30. The predicted octanol–water partition coefficient (Wildman–Crippen LogP) is 9.18. The monoisotopic (exact) mass is 552 g/mol. The van der Waals surface area contributed by atoms with Crippen molar-refractivity contribution in [1.29, 1.82) is 0 Å². The van der Waals surface area contributed by atoms with Crippen molar-refractivity contribution in [3.63, 3.8) is 0 Å². The van der Waals surface area contributed by atoms with Crippen LogP contribution < -0.4 is 0 Å². The Labute approximate surface area is 240 Å². The molecule has 0 fully saturated rings. The molecule has 0 radical (unpaired) electrons. The molecule has 0 heterocycles. The molecular formula is C33H60O6. The van der Waals surface area contributed by atoms with E-state index in [9.17, 15) is 14.4 Å². The molecule has 0 saturated heterocycles. The van der Waals surface area contributed by atoms with Gasteiger partial charge in [-0.15, -0.1) is 0 Å². The minimum Gasteiger partial charge on any atom is -0.462 e. The van der Waals surface area contributed by atoms with Gasteiger partial charge in [0.05, 0.1) is 0 Å². The Hall–Kier alpha value is -1.85. The summed E-state index contributed by atoms with van der Waals surface area (Å²) in [6, 6.07) is 0. The second-order valence-corrected chi connectivity index (χ2v) is 10.7. The van der Waals surface area contributed by atoms with E-state index < -0.39 is 6.10 Å². The predicted molar refractivity (Wildman–Crippen MR) is 160 cm³/mol. The summed E-state index contributed by atoms with van der Waals surface area (Å²) in [5, 5.41) is 0. The van der Waals surface area contributed by atoms with Crippen LogP contribution in [0, 0.1) is 0 Å². The van der Waals surface area contributed by atoms with E-state index in [0.29, 0.717) is 19.3 Å². The van der Waals surface area contributed by atoms with Gasteiger partial charge >= 0.3 is 17.9 Å². The first-order valence-electron chi connectivity index (χ1n) is 16.2. The molecule has 6 nitrogen and oxygen atoms in total. The number of allylic oxidation sites excluding steroid dienone is 2. The minimum absolute atomic E-state index is 0.0734. The quantitative estimate of drug-likeness (QED) is 0.0416. The zero-order chi connectivity index (χ0) is 28.8. The van der Waals surface area contributed by atoms with E-state index in [4.69, 9.17) is 14.2 Å². The van der Waals surface area contributed by atoms with Crippen LogP contribution in [-0.4, -0.2) is 37.2 Å². The van der Waals surface area contributed by atoms with Crippen molar-refractivity contribution in [2.45, 2.75) is 168 Å². The summed E-state index contributed by atoms with van der Waals surface area (Å²) in [5.41, 5.74) is 0. The summed E-state index contributed by atoms with van der Waals surface area (Å²) < 4.78 is 16.3. The van der Waals surface area contributed by atoms with Gasteiger partial charge in [-0.1, -0.05) is 116 Å². The molecule has 0 N–H and O–H groups in total. The van der Waals surface area contributed by atoms with Crippen molar-refractivity contribution >= 4 is 17.9 Å². The Kier molecular flexibility index (Phi) is 27.8. The van der Waals surface area contributed by atoms with Crippen molar-refractivity contribution in [3.05, 3.63) is 12.2 Å². The lowest BCUT2D eigenvalue weighted by atomic mass is 10.1. The van der Waals surface area contributed by atoms with E-state index in [2.05, 4.69) is 32.9 Å². The van der Waals surface area contributed by atoms with Gasteiger partial charge in [0.1, 0.15) is 13.2 Å². The number of rotatable bonds is 28. The number of carbonyl (C=O) groups excluding carboxylic acids is 3. The molecule has 0 bridgehead atoms. The molecule has 39 heavy (non-hydrogen) atoms. The first-order chi connectivity index (χ1) is 19.0. The number of ether oxygens (including phenoxy) is 3. The van der Waals surface area contributed by atoms with Crippen LogP contribution >= 0.6 is 0 Å². The van der Waals surface area contributed by atoms with Crippen LogP contribution in [0.1, 0.15) is 162 Å². The largest absolute Gasteiger partial charge is 0.462 e. The Bertz CT molecular complexity index is 615. The third-order valence-corrected chi connectivity index (χ3v) is 6.75. The molecule has 0 aliphatic heterocycles. The average Bonchev–Trinajstić information content (AvgIpc) is 2.93. The molecule has 0 spiro atoms. The van der Waals surface area contributed by atoms with E-state index in [-0.39, 0.29) is 31.1 Å². The highest BCUT2D eigenvalue weighted by atomic mass is 16.6. The smallest absolute Gasteiger partial charge is 0.306 e. The van der Waals surface area contributed by atoms with Crippen LogP contribution in [0.3, 0.4) is 0 Å². The highest BCUT2D eigenvalue weighted by Gasteiger charge is 2.19. The fourth-order valence-corrected chi connectivity index (χ4v) is 4.26. The highest BCUT2D eigenvalue weighted by molar-refractivity contribution is 5.71. The fourth-order valence-electron chi connectivity index (χ4n) is 4.26. The van der Waals surface area contributed by atoms with Crippen LogP contribution in [0.15, 0.2) is 12.2 Å². The molecule has 0 aliphatic carbocycles. The van der Waals surface area contributed by atoms with Crippen LogP contribution in [-0.2, 0) is 28.6 Å². The van der Waals surface area contributed by atoms with Crippen LogP contribution in [0.5, 0.6) is 0 Å². The first-order valence-corrected chi connectivity index (χ1v) is 16.2. The number of hydrogen-bond acceptors (Lipinski definition) is 6. The number of hydrogen-bond donors (Lipinski definition) is 0. The van der Waals surface area contributed by atoms with Crippen molar-refractivity contribution < 1.29 is 28.6 Å². The van der Waals surface area contributed by atoms with E-state index in [1.54, 1.807) is 0 Å². The molecule has 1 atom stereocenters. The molecule has 0 aromatic carbocycles. The van der Waals surface area contributed by atoms with Gasteiger partial charge in [0, 0.05) is 19.3 Å². The fraction of sp³-hybridized carbons (Fsp3) is 0.848. The molecular weight excluding hydrogens is 492 g/mol. The van der Waals surface area contributed by atoms with Gasteiger partial charge in [-0.25, -0.2) is 0 Å². The minimum atomic E-state index is -0.758. The van der Waals surface area contributed by atoms with E-state index in [1.807, 2.05) is 0 Å². The molecule has 0 aliphatic rings. The summed E-state index contributed by atoms with van der Waals surface area (Å²) in [5.74, 6) is -0.918. The molecule has 0 aromatic heterocycles. The number of esters is 3. The maximum atomic E-state index is 12.4. The topological polar surface area (TPSA) is 78.9 Å². The second kappa shape index (κ2) is 29.1. The van der Waals surface area contributed by atoms with Crippen molar-refractivity contribution in [2.75, 3.05) is 13.2 Å². The standard InChI is InChI=1S/C33H60O6/c1-4-7-10-13-15-16-17-18-21-23-26-32(35)38-29-30(28-37-31(34)25-22-19-12-9-6-3)39-33(36)27-24-20-14-11-8-5-2/h10,13,30H,4-9,11-12,14-29H2,1-3H3/b13-10-.